The van der Waals surface area contributed by atoms with Crippen LogP contribution >= 0.6 is 11.6 Å². The van der Waals surface area contributed by atoms with Gasteiger partial charge >= 0.3 is 0 Å². The lowest BCUT2D eigenvalue weighted by Crippen LogP contribution is -2.36. The van der Waals surface area contributed by atoms with E-state index in [1.54, 1.807) is 12.4 Å². The van der Waals surface area contributed by atoms with Gasteiger partial charge in [-0.3, -0.25) is 4.98 Å². The Hall–Kier alpha value is -0.860. The van der Waals surface area contributed by atoms with Crippen LogP contribution in [0, 0.1) is 0 Å². The van der Waals surface area contributed by atoms with Crippen LogP contribution in [0.1, 0.15) is 32.8 Å². The van der Waals surface area contributed by atoms with Crippen molar-refractivity contribution in [2.24, 2.45) is 0 Å². The quantitative estimate of drug-likeness (QED) is 0.640. The number of pyridine rings is 1. The van der Waals surface area contributed by atoms with Crippen molar-refractivity contribution in [2.75, 3.05) is 6.54 Å². The molecule has 1 rings (SSSR count). The first-order chi connectivity index (χ1) is 7.99. The summed E-state index contributed by atoms with van der Waals surface area (Å²) in [4.78, 5) is 3.96. The zero-order chi connectivity index (χ0) is 12.7. The number of hydrogen-bond donors (Lipinski definition) is 1. The Kier molecular flexibility index (Phi) is 5.66. The summed E-state index contributed by atoms with van der Waals surface area (Å²) < 4.78 is 0. The topological polar surface area (TPSA) is 24.9 Å². The third-order valence-electron chi connectivity index (χ3n) is 2.33. The van der Waals surface area contributed by atoms with Gasteiger partial charge in [0, 0.05) is 17.9 Å². The lowest BCUT2D eigenvalue weighted by molar-refractivity contribution is 0.431. The van der Waals surface area contributed by atoms with E-state index in [1.165, 1.54) is 0 Å². The second-order valence-electron chi connectivity index (χ2n) is 5.11. The van der Waals surface area contributed by atoms with Gasteiger partial charge in [0.2, 0.25) is 0 Å². The molecule has 1 heterocycles. The highest BCUT2D eigenvalue weighted by Crippen LogP contribution is 2.14. The molecule has 1 aromatic rings. The molecule has 2 nitrogen and oxygen atoms in total. The largest absolute Gasteiger partial charge is 0.312 e. The van der Waals surface area contributed by atoms with Crippen molar-refractivity contribution in [3.8, 4) is 0 Å². The van der Waals surface area contributed by atoms with Gasteiger partial charge in [-0.25, -0.2) is 0 Å². The maximum atomic E-state index is 6.02. The minimum atomic E-state index is 0.197. The third kappa shape index (κ3) is 6.44. The monoisotopic (exact) mass is 252 g/mol. The van der Waals surface area contributed by atoms with Gasteiger partial charge in [-0.2, -0.15) is 0 Å². The first kappa shape index (κ1) is 14.2. The molecule has 0 fully saturated rings. The molecule has 0 aliphatic carbocycles. The predicted molar refractivity (Wildman–Crippen MR) is 74.5 cm³/mol. The molecule has 0 atom stereocenters. The lowest BCUT2D eigenvalue weighted by Gasteiger charge is -2.19. The van der Waals surface area contributed by atoms with E-state index in [-0.39, 0.29) is 5.54 Å². The fourth-order valence-electron chi connectivity index (χ4n) is 1.43. The van der Waals surface area contributed by atoms with Crippen LogP contribution in [0.5, 0.6) is 0 Å². The van der Waals surface area contributed by atoms with Crippen LogP contribution in [0.15, 0.2) is 30.6 Å². The second-order valence-corrected chi connectivity index (χ2v) is 5.52. The van der Waals surface area contributed by atoms with Crippen LogP contribution < -0.4 is 5.32 Å². The average molecular weight is 253 g/mol. The predicted octanol–water partition coefficient (Wildman–Crippen LogP) is 3.61. The van der Waals surface area contributed by atoms with Crippen LogP contribution in [-0.2, 0) is 6.42 Å². The zero-order valence-corrected chi connectivity index (χ0v) is 11.6. The van der Waals surface area contributed by atoms with E-state index in [0.717, 1.165) is 30.0 Å². The molecule has 0 amide bonds. The number of rotatable bonds is 5. The molecule has 0 saturated heterocycles. The Bertz CT molecular complexity index is 367. The van der Waals surface area contributed by atoms with Crippen LogP contribution in [0.25, 0.3) is 0 Å². The summed E-state index contributed by atoms with van der Waals surface area (Å²) in [6, 6.07) is 1.96. The van der Waals surface area contributed by atoms with Gasteiger partial charge in [0.1, 0.15) is 0 Å². The smallest absolute Gasteiger partial charge is 0.0624 e. The lowest BCUT2D eigenvalue weighted by atomic mass is 10.1. The Morgan fingerprint density at radius 3 is 2.76 bits per heavy atom. The molecule has 3 heteroatoms. The standard InChI is InChI=1S/C14H21ClN2/c1-14(2,3)17-9-6-4-5-7-12-8-10-16-11-13(12)15/h4-5,8,10-11,17H,6-7,9H2,1-3H3. The van der Waals surface area contributed by atoms with E-state index >= 15 is 0 Å². The van der Waals surface area contributed by atoms with Crippen molar-refractivity contribution in [3.63, 3.8) is 0 Å². The summed E-state index contributed by atoms with van der Waals surface area (Å²) in [5, 5.41) is 4.19. The Balaban J connectivity index is 2.25. The summed E-state index contributed by atoms with van der Waals surface area (Å²) in [5.74, 6) is 0. The highest BCUT2D eigenvalue weighted by atomic mass is 35.5. The van der Waals surface area contributed by atoms with Crippen LogP contribution in [0.3, 0.4) is 0 Å². The van der Waals surface area contributed by atoms with E-state index in [1.807, 2.05) is 6.07 Å². The molecule has 0 bridgehead atoms. The highest BCUT2D eigenvalue weighted by molar-refractivity contribution is 6.31. The van der Waals surface area contributed by atoms with E-state index in [0.29, 0.717) is 0 Å². The number of hydrogen-bond acceptors (Lipinski definition) is 2. The van der Waals surface area contributed by atoms with Crippen LogP contribution in [0.2, 0.25) is 5.02 Å². The van der Waals surface area contributed by atoms with Crippen molar-refractivity contribution >= 4 is 11.6 Å². The summed E-state index contributed by atoms with van der Waals surface area (Å²) >= 11 is 6.02. The number of halogens is 1. The SMILES string of the molecule is CC(C)(C)NCCC=CCc1ccncc1Cl. The molecule has 1 N–H and O–H groups in total. The van der Waals surface area contributed by atoms with Gasteiger partial charge in [-0.15, -0.1) is 0 Å². The average Bonchev–Trinajstić information content (AvgIpc) is 2.24. The molecular weight excluding hydrogens is 232 g/mol. The van der Waals surface area contributed by atoms with E-state index in [9.17, 15) is 0 Å². The Morgan fingerprint density at radius 1 is 1.35 bits per heavy atom. The molecule has 0 aliphatic rings. The first-order valence-electron chi connectivity index (χ1n) is 5.97. The molecule has 0 aromatic carbocycles. The normalized spacial score (nSPS) is 12.2. The van der Waals surface area contributed by atoms with Crippen LogP contribution in [-0.4, -0.2) is 17.1 Å². The third-order valence-corrected chi connectivity index (χ3v) is 2.67. The molecule has 0 aliphatic heterocycles. The molecule has 17 heavy (non-hydrogen) atoms. The summed E-state index contributed by atoms with van der Waals surface area (Å²) in [7, 11) is 0. The van der Waals surface area contributed by atoms with Crippen molar-refractivity contribution in [1.82, 2.24) is 10.3 Å². The maximum Gasteiger partial charge on any atom is 0.0624 e. The molecule has 0 saturated carbocycles. The molecule has 1 aromatic heterocycles. The minimum Gasteiger partial charge on any atom is -0.312 e. The van der Waals surface area contributed by atoms with Gasteiger partial charge in [0.15, 0.2) is 0 Å². The highest BCUT2D eigenvalue weighted by Gasteiger charge is 2.06. The van der Waals surface area contributed by atoms with E-state index in [2.05, 4.69) is 43.2 Å². The summed E-state index contributed by atoms with van der Waals surface area (Å²) in [5.41, 5.74) is 1.32. The molecule has 0 spiro atoms. The van der Waals surface area contributed by atoms with E-state index < -0.39 is 0 Å². The second kappa shape index (κ2) is 6.77. The molecular formula is C14H21ClN2. The van der Waals surface area contributed by atoms with Crippen molar-refractivity contribution in [1.29, 1.82) is 0 Å². The minimum absolute atomic E-state index is 0.197. The number of aromatic nitrogens is 1. The van der Waals surface area contributed by atoms with Gasteiger partial charge in [-0.1, -0.05) is 23.8 Å². The Morgan fingerprint density at radius 2 is 2.12 bits per heavy atom. The molecule has 0 radical (unpaired) electrons. The van der Waals surface area contributed by atoms with Crippen LogP contribution in [0.4, 0.5) is 0 Å². The first-order valence-corrected chi connectivity index (χ1v) is 6.35. The van der Waals surface area contributed by atoms with Gasteiger partial charge in [0.25, 0.3) is 0 Å². The summed E-state index contributed by atoms with van der Waals surface area (Å²) in [6.45, 7) is 7.53. The van der Waals surface area contributed by atoms with Crippen molar-refractivity contribution in [3.05, 3.63) is 41.2 Å². The number of allylic oxidation sites excluding steroid dienone is 1. The number of nitrogens with zero attached hydrogens (tertiary/aromatic N) is 1. The Labute approximate surface area is 109 Å². The molecule has 94 valence electrons. The fraction of sp³-hybridized carbons (Fsp3) is 0.500. The maximum absolute atomic E-state index is 6.02. The zero-order valence-electron chi connectivity index (χ0n) is 10.8. The van der Waals surface area contributed by atoms with Gasteiger partial charge < -0.3 is 5.32 Å². The summed E-state index contributed by atoms with van der Waals surface area (Å²) in [6.07, 6.45) is 9.72. The van der Waals surface area contributed by atoms with Gasteiger partial charge in [-0.05, 0) is 51.8 Å². The fourth-order valence-corrected chi connectivity index (χ4v) is 1.62. The van der Waals surface area contributed by atoms with Crippen molar-refractivity contribution < 1.29 is 0 Å². The number of nitrogens with one attached hydrogen (secondary N) is 1. The van der Waals surface area contributed by atoms with Gasteiger partial charge in [0.05, 0.1) is 5.02 Å². The van der Waals surface area contributed by atoms with E-state index in [4.69, 9.17) is 11.6 Å². The van der Waals surface area contributed by atoms with Crippen molar-refractivity contribution in [2.45, 2.75) is 39.2 Å². The molecule has 0 unspecified atom stereocenters.